The van der Waals surface area contributed by atoms with E-state index in [-0.39, 0.29) is 0 Å². The van der Waals surface area contributed by atoms with Crippen molar-refractivity contribution in [2.45, 2.75) is 103 Å². The molecule has 0 spiro atoms. The minimum absolute atomic E-state index is 0.317. The Morgan fingerprint density at radius 1 is 0.619 bits per heavy atom. The summed E-state index contributed by atoms with van der Waals surface area (Å²) in [5.41, 5.74) is 3.13. The summed E-state index contributed by atoms with van der Waals surface area (Å²) in [5.74, 6) is 0. The third-order valence-electron chi connectivity index (χ3n) is 3.46. The lowest BCUT2D eigenvalue weighted by atomic mass is 9.81. The highest BCUT2D eigenvalue weighted by Crippen LogP contribution is 2.30. The Labute approximate surface area is 136 Å². The molecule has 0 aliphatic carbocycles. The summed E-state index contributed by atoms with van der Waals surface area (Å²) in [6.45, 7) is 29.5. The van der Waals surface area contributed by atoms with Gasteiger partial charge in [0.2, 0.25) is 0 Å². The maximum Gasteiger partial charge on any atom is -0.0176 e. The van der Waals surface area contributed by atoms with Gasteiger partial charge < -0.3 is 0 Å². The van der Waals surface area contributed by atoms with E-state index in [2.05, 4.69) is 96.1 Å². The standard InChI is InChI=1S/C11H22.C10H22/c1-9(11(5,6)7)8-10(2,3)4;1-9(2,3)7-8-10(4,5)6/h8H,1-7H3;7-8H2,1-6H3. The van der Waals surface area contributed by atoms with E-state index in [0.717, 1.165) is 0 Å². The summed E-state index contributed by atoms with van der Waals surface area (Å²) in [4.78, 5) is 0. The molecule has 0 amide bonds. The molecule has 0 rings (SSSR count). The van der Waals surface area contributed by atoms with Crippen LogP contribution in [-0.4, -0.2) is 0 Å². The van der Waals surface area contributed by atoms with Gasteiger partial charge in [0, 0.05) is 0 Å². The molecular weight excluding hydrogens is 252 g/mol. The second-order valence-electron chi connectivity index (χ2n) is 11.1. The zero-order valence-electron chi connectivity index (χ0n) is 17.5. The summed E-state index contributed by atoms with van der Waals surface area (Å²) < 4.78 is 0. The molecule has 0 aromatic carbocycles. The highest BCUT2D eigenvalue weighted by Gasteiger charge is 2.16. The molecular formula is C21H44. The van der Waals surface area contributed by atoms with Crippen LogP contribution in [0.4, 0.5) is 0 Å². The van der Waals surface area contributed by atoms with E-state index >= 15 is 0 Å². The molecule has 0 radical (unpaired) electrons. The van der Waals surface area contributed by atoms with Gasteiger partial charge in [0.05, 0.1) is 0 Å². The van der Waals surface area contributed by atoms with Crippen LogP contribution in [0.5, 0.6) is 0 Å². The second kappa shape index (κ2) is 7.84. The average Bonchev–Trinajstić information content (AvgIpc) is 2.09. The zero-order valence-corrected chi connectivity index (χ0v) is 17.5. The van der Waals surface area contributed by atoms with Gasteiger partial charge in [0.25, 0.3) is 0 Å². The van der Waals surface area contributed by atoms with Crippen molar-refractivity contribution in [3.05, 3.63) is 11.6 Å². The van der Waals surface area contributed by atoms with Crippen LogP contribution in [0.3, 0.4) is 0 Å². The highest BCUT2D eigenvalue weighted by molar-refractivity contribution is 5.10. The summed E-state index contributed by atoms with van der Waals surface area (Å²) in [7, 11) is 0. The molecule has 0 unspecified atom stereocenters. The first-order chi connectivity index (χ1) is 8.83. The van der Waals surface area contributed by atoms with E-state index in [9.17, 15) is 0 Å². The maximum absolute atomic E-state index is 2.35. The third-order valence-corrected chi connectivity index (χ3v) is 3.46. The Hall–Kier alpha value is -0.260. The minimum Gasteiger partial charge on any atom is -0.0797 e. The molecule has 0 N–H and O–H groups in total. The molecule has 0 saturated carbocycles. The van der Waals surface area contributed by atoms with Gasteiger partial charge in [-0.3, -0.25) is 0 Å². The molecule has 0 aromatic heterocycles. The van der Waals surface area contributed by atoms with Crippen molar-refractivity contribution < 1.29 is 0 Å². The first kappa shape index (κ1) is 23.0. The van der Waals surface area contributed by atoms with Gasteiger partial charge in [-0.2, -0.15) is 0 Å². The van der Waals surface area contributed by atoms with E-state index < -0.39 is 0 Å². The van der Waals surface area contributed by atoms with E-state index in [1.54, 1.807) is 0 Å². The monoisotopic (exact) mass is 296 g/mol. The molecule has 0 saturated heterocycles. The van der Waals surface area contributed by atoms with Crippen molar-refractivity contribution in [1.29, 1.82) is 0 Å². The fourth-order valence-corrected chi connectivity index (χ4v) is 1.62. The topological polar surface area (TPSA) is 0 Å². The van der Waals surface area contributed by atoms with Crippen LogP contribution in [0.1, 0.15) is 103 Å². The SMILES string of the molecule is CC(=CC(C)(C)C)C(C)(C)C.CC(C)(C)CCC(C)(C)C. The van der Waals surface area contributed by atoms with Gasteiger partial charge >= 0.3 is 0 Å². The van der Waals surface area contributed by atoms with Gasteiger partial charge in [0.15, 0.2) is 0 Å². The highest BCUT2D eigenvalue weighted by atomic mass is 14.2. The third kappa shape index (κ3) is 19.7. The number of hydrogen-bond donors (Lipinski definition) is 0. The molecule has 0 aliphatic rings. The lowest BCUT2D eigenvalue weighted by Gasteiger charge is -2.24. The molecule has 0 aromatic rings. The van der Waals surface area contributed by atoms with Crippen molar-refractivity contribution in [1.82, 2.24) is 0 Å². The zero-order chi connectivity index (χ0) is 17.7. The van der Waals surface area contributed by atoms with Gasteiger partial charge in [-0.15, -0.1) is 0 Å². The Morgan fingerprint density at radius 2 is 0.905 bits per heavy atom. The van der Waals surface area contributed by atoms with Crippen molar-refractivity contribution in [2.24, 2.45) is 21.7 Å². The van der Waals surface area contributed by atoms with Crippen LogP contribution < -0.4 is 0 Å². The quantitative estimate of drug-likeness (QED) is 0.432. The summed E-state index contributed by atoms with van der Waals surface area (Å²) in [6, 6.07) is 0. The van der Waals surface area contributed by atoms with Gasteiger partial charge in [0.1, 0.15) is 0 Å². The van der Waals surface area contributed by atoms with Crippen LogP contribution in [-0.2, 0) is 0 Å². The molecule has 0 nitrogen and oxygen atoms in total. The maximum atomic E-state index is 2.35. The fraction of sp³-hybridized carbons (Fsp3) is 0.905. The molecule has 0 heteroatoms. The molecule has 21 heavy (non-hydrogen) atoms. The molecule has 0 fully saturated rings. The summed E-state index contributed by atoms with van der Waals surface area (Å²) in [5, 5.41) is 0. The smallest absolute Gasteiger partial charge is 0.0176 e. The van der Waals surface area contributed by atoms with Crippen LogP contribution in [0.15, 0.2) is 11.6 Å². The summed E-state index contributed by atoms with van der Waals surface area (Å²) >= 11 is 0. The normalized spacial score (nSPS) is 14.6. The first-order valence-electron chi connectivity index (χ1n) is 8.53. The minimum atomic E-state index is 0.317. The molecule has 0 atom stereocenters. The predicted molar refractivity (Wildman–Crippen MR) is 101 cm³/mol. The Balaban J connectivity index is 0. The first-order valence-corrected chi connectivity index (χ1v) is 8.53. The van der Waals surface area contributed by atoms with Gasteiger partial charge in [-0.05, 0) is 41.4 Å². The van der Waals surface area contributed by atoms with Crippen molar-refractivity contribution in [3.63, 3.8) is 0 Å². The number of hydrogen-bond acceptors (Lipinski definition) is 0. The number of allylic oxidation sites excluding steroid dienone is 2. The molecule has 0 bridgehead atoms. The van der Waals surface area contributed by atoms with Gasteiger partial charge in [-0.1, -0.05) is 94.7 Å². The Bertz CT molecular complexity index is 288. The van der Waals surface area contributed by atoms with Crippen LogP contribution in [0.25, 0.3) is 0 Å². The largest absolute Gasteiger partial charge is 0.0797 e. The average molecular weight is 297 g/mol. The molecule has 0 aliphatic heterocycles. The number of rotatable bonds is 1. The summed E-state index contributed by atoms with van der Waals surface area (Å²) in [6.07, 6.45) is 5.01. The lowest BCUT2D eigenvalue weighted by molar-refractivity contribution is 0.275. The fourth-order valence-electron chi connectivity index (χ4n) is 1.62. The lowest BCUT2D eigenvalue weighted by Crippen LogP contribution is -2.12. The van der Waals surface area contributed by atoms with Crippen molar-refractivity contribution in [2.75, 3.05) is 0 Å². The van der Waals surface area contributed by atoms with Crippen molar-refractivity contribution in [3.8, 4) is 0 Å². The van der Waals surface area contributed by atoms with Crippen LogP contribution in [0, 0.1) is 21.7 Å². The molecule has 128 valence electrons. The van der Waals surface area contributed by atoms with E-state index in [1.165, 1.54) is 18.4 Å². The van der Waals surface area contributed by atoms with Crippen molar-refractivity contribution >= 4 is 0 Å². The van der Waals surface area contributed by atoms with Crippen LogP contribution in [0.2, 0.25) is 0 Å². The second-order valence-corrected chi connectivity index (χ2v) is 11.1. The van der Waals surface area contributed by atoms with Crippen LogP contribution >= 0.6 is 0 Å². The van der Waals surface area contributed by atoms with E-state index in [4.69, 9.17) is 0 Å². The van der Waals surface area contributed by atoms with Gasteiger partial charge in [-0.25, -0.2) is 0 Å². The molecule has 0 heterocycles. The van der Waals surface area contributed by atoms with E-state index in [1.807, 2.05) is 0 Å². The van der Waals surface area contributed by atoms with E-state index in [0.29, 0.717) is 21.7 Å². The Kier molecular flexibility index (Phi) is 8.59. The Morgan fingerprint density at radius 3 is 1.00 bits per heavy atom. The predicted octanol–water partition coefficient (Wildman–Crippen LogP) is 7.88.